The van der Waals surface area contributed by atoms with E-state index in [-0.39, 0.29) is 10.5 Å². The predicted octanol–water partition coefficient (Wildman–Crippen LogP) is 0.703. The first-order chi connectivity index (χ1) is 12.5. The Labute approximate surface area is 163 Å². The summed E-state index contributed by atoms with van der Waals surface area (Å²) in [6.45, 7) is 3.65. The predicted molar refractivity (Wildman–Crippen MR) is 96.8 cm³/mol. The summed E-state index contributed by atoms with van der Waals surface area (Å²) in [6.07, 6.45) is 1.64. The van der Waals surface area contributed by atoms with Crippen molar-refractivity contribution in [2.24, 2.45) is 0 Å². The average Bonchev–Trinajstić information content (AvgIpc) is 2.99. The summed E-state index contributed by atoms with van der Waals surface area (Å²) in [6, 6.07) is 10.0. The van der Waals surface area contributed by atoms with Gasteiger partial charge in [0.25, 0.3) is 0 Å². The van der Waals surface area contributed by atoms with Crippen molar-refractivity contribution in [3.05, 3.63) is 52.8 Å². The molecule has 26 heavy (non-hydrogen) atoms. The summed E-state index contributed by atoms with van der Waals surface area (Å²) in [5.74, 6) is 0. The molecule has 1 aromatic carbocycles. The molecule has 0 aliphatic rings. The van der Waals surface area contributed by atoms with Gasteiger partial charge in [0.15, 0.2) is 0 Å². The van der Waals surface area contributed by atoms with Crippen LogP contribution in [0.5, 0.6) is 0 Å². The molecule has 0 saturated heterocycles. The number of rotatable bonds is 7. The number of carbonyl (C=O) groups excluding carboxylic acids is 1. The standard InChI is InChI=1S/C20H22FIN3O/c1-13-11-14(2)25-20(23-13)17(12-18(26)22-3)19(24-25)16-8-6-15(7-9-16)5-4-10-21/h6-9,11H,4-5,10,12H2,1-3H3/q-1. The molecule has 0 atom stereocenters. The molecule has 4 nitrogen and oxygen atoms in total. The zero-order valence-electron chi connectivity index (χ0n) is 15.2. The van der Waals surface area contributed by atoms with E-state index in [0.29, 0.717) is 12.8 Å². The van der Waals surface area contributed by atoms with Gasteiger partial charge in [-0.3, -0.25) is 0 Å². The minimum atomic E-state index is -0.469. The Hall–Kier alpha value is -1.83. The first-order valence-electron chi connectivity index (χ1n) is 8.57. The SMILES string of the molecule is C[I-]C(=O)Cc1c(-c2ccc(CCCF)cc2)nn2c(C)cc(C)nc12. The molecule has 138 valence electrons. The second kappa shape index (κ2) is 8.24. The normalized spacial score (nSPS) is 11.4. The zero-order chi connectivity index (χ0) is 18.7. The number of carbonyl (C=O) groups is 1. The molecule has 0 aliphatic carbocycles. The summed E-state index contributed by atoms with van der Waals surface area (Å²) >= 11 is -0.469. The van der Waals surface area contributed by atoms with Crippen LogP contribution >= 0.6 is 0 Å². The molecule has 0 spiro atoms. The van der Waals surface area contributed by atoms with Gasteiger partial charge in [0.1, 0.15) is 0 Å². The number of hydrogen-bond acceptors (Lipinski definition) is 3. The second-order valence-electron chi connectivity index (χ2n) is 6.31. The van der Waals surface area contributed by atoms with E-state index in [1.165, 1.54) is 0 Å². The third-order valence-corrected chi connectivity index (χ3v) is 5.93. The number of aryl methyl sites for hydroxylation is 3. The number of alkyl halides is 2. The van der Waals surface area contributed by atoms with Crippen molar-refractivity contribution in [2.75, 3.05) is 11.6 Å². The van der Waals surface area contributed by atoms with Crippen LogP contribution in [0.4, 0.5) is 4.39 Å². The number of hydrogen-bond donors (Lipinski definition) is 0. The van der Waals surface area contributed by atoms with Crippen LogP contribution in [-0.2, 0) is 17.6 Å². The van der Waals surface area contributed by atoms with E-state index in [1.807, 2.05) is 53.6 Å². The molecule has 0 saturated carbocycles. The van der Waals surface area contributed by atoms with Crippen LogP contribution < -0.4 is 21.2 Å². The van der Waals surface area contributed by atoms with Crippen LogP contribution in [0.3, 0.4) is 0 Å². The Morgan fingerprint density at radius 1 is 1.23 bits per heavy atom. The average molecular weight is 466 g/mol. The van der Waals surface area contributed by atoms with Crippen LogP contribution in [0, 0.1) is 13.8 Å². The Balaban J connectivity index is 2.10. The minimum absolute atomic E-state index is 0.278. The molecule has 0 radical (unpaired) electrons. The first-order valence-corrected chi connectivity index (χ1v) is 11.8. The maximum absolute atomic E-state index is 12.4. The molecule has 0 bridgehead atoms. The monoisotopic (exact) mass is 466 g/mol. The Kier molecular flexibility index (Phi) is 6.01. The van der Waals surface area contributed by atoms with Crippen molar-refractivity contribution in [1.82, 2.24) is 14.6 Å². The number of benzene rings is 1. The van der Waals surface area contributed by atoms with E-state index in [2.05, 4.69) is 4.98 Å². The Morgan fingerprint density at radius 2 is 1.96 bits per heavy atom. The maximum atomic E-state index is 12.4. The summed E-state index contributed by atoms with van der Waals surface area (Å²) in [5.41, 5.74) is 6.48. The van der Waals surface area contributed by atoms with Gasteiger partial charge in [-0.25, -0.2) is 0 Å². The molecular weight excluding hydrogens is 444 g/mol. The Bertz CT molecular complexity index is 934. The second-order valence-corrected chi connectivity index (χ2v) is 8.59. The molecule has 3 aromatic rings. The molecule has 0 amide bonds. The van der Waals surface area contributed by atoms with E-state index >= 15 is 0 Å². The van der Waals surface area contributed by atoms with Gasteiger partial charge in [-0.15, -0.1) is 0 Å². The third kappa shape index (κ3) is 3.95. The van der Waals surface area contributed by atoms with Gasteiger partial charge >= 0.3 is 163 Å². The van der Waals surface area contributed by atoms with Crippen molar-refractivity contribution in [3.8, 4) is 11.3 Å². The fraction of sp³-hybridized carbons (Fsp3) is 0.350. The number of nitrogens with zero attached hydrogens (tertiary/aromatic N) is 3. The Morgan fingerprint density at radius 3 is 2.62 bits per heavy atom. The van der Waals surface area contributed by atoms with Gasteiger partial charge in [-0.05, 0) is 0 Å². The molecule has 0 unspecified atom stereocenters. The van der Waals surface area contributed by atoms with Crippen LogP contribution in [0.15, 0.2) is 30.3 Å². The topological polar surface area (TPSA) is 47.3 Å². The van der Waals surface area contributed by atoms with Crippen LogP contribution in [-0.4, -0.2) is 30.0 Å². The fourth-order valence-electron chi connectivity index (χ4n) is 3.07. The molecular formula is C20H22FIN3O-. The molecule has 6 heteroatoms. The van der Waals surface area contributed by atoms with Crippen molar-refractivity contribution >= 4 is 9.44 Å². The quantitative estimate of drug-likeness (QED) is 0.293. The van der Waals surface area contributed by atoms with Crippen molar-refractivity contribution < 1.29 is 30.4 Å². The van der Waals surface area contributed by atoms with Gasteiger partial charge in [0.05, 0.1) is 0 Å². The van der Waals surface area contributed by atoms with Gasteiger partial charge in [0.2, 0.25) is 0 Å². The first kappa shape index (κ1) is 18.9. The van der Waals surface area contributed by atoms with Gasteiger partial charge < -0.3 is 0 Å². The summed E-state index contributed by atoms with van der Waals surface area (Å²) in [4.78, 5) is 18.8. The molecule has 2 heterocycles. The molecule has 0 N–H and O–H groups in total. The van der Waals surface area contributed by atoms with Gasteiger partial charge in [-0.2, -0.15) is 0 Å². The van der Waals surface area contributed by atoms with Crippen LogP contribution in [0.2, 0.25) is 0 Å². The van der Waals surface area contributed by atoms with Crippen molar-refractivity contribution in [2.45, 2.75) is 33.1 Å². The van der Waals surface area contributed by atoms with E-state index in [0.717, 1.165) is 45.8 Å². The number of aromatic nitrogens is 3. The summed E-state index contributed by atoms with van der Waals surface area (Å²) in [5, 5.41) is 4.76. The van der Waals surface area contributed by atoms with Gasteiger partial charge in [0, 0.05) is 0 Å². The van der Waals surface area contributed by atoms with Crippen LogP contribution in [0.1, 0.15) is 28.9 Å². The summed E-state index contributed by atoms with van der Waals surface area (Å²) in [7, 11) is 0. The third-order valence-electron chi connectivity index (χ3n) is 4.34. The van der Waals surface area contributed by atoms with Crippen molar-refractivity contribution in [3.63, 3.8) is 0 Å². The number of halogens is 2. The van der Waals surface area contributed by atoms with Crippen LogP contribution in [0.25, 0.3) is 16.9 Å². The molecule has 2 aromatic heterocycles. The van der Waals surface area contributed by atoms with E-state index in [9.17, 15) is 9.18 Å². The van der Waals surface area contributed by atoms with E-state index in [4.69, 9.17) is 5.10 Å². The molecule has 0 fully saturated rings. The molecule has 3 rings (SSSR count). The van der Waals surface area contributed by atoms with Crippen molar-refractivity contribution in [1.29, 1.82) is 0 Å². The van der Waals surface area contributed by atoms with E-state index in [1.54, 1.807) is 0 Å². The zero-order valence-corrected chi connectivity index (χ0v) is 17.4. The van der Waals surface area contributed by atoms with E-state index < -0.39 is 21.2 Å². The number of fused-ring (bicyclic) bond motifs is 1. The van der Waals surface area contributed by atoms with Gasteiger partial charge in [-0.1, -0.05) is 0 Å². The fourth-order valence-corrected chi connectivity index (χ4v) is 3.83. The molecule has 0 aliphatic heterocycles. The summed E-state index contributed by atoms with van der Waals surface area (Å²) < 4.78 is 14.5.